The lowest BCUT2D eigenvalue weighted by atomic mass is 9.91. The maximum atomic E-state index is 11.8. The summed E-state index contributed by atoms with van der Waals surface area (Å²) in [6.45, 7) is 7.40. The van der Waals surface area contributed by atoms with Gasteiger partial charge < -0.3 is 28.4 Å². The molecule has 0 saturated carbocycles. The summed E-state index contributed by atoms with van der Waals surface area (Å²) in [5.41, 5.74) is -0.903. The van der Waals surface area contributed by atoms with E-state index in [4.69, 9.17) is 40.0 Å². The highest BCUT2D eigenvalue weighted by Crippen LogP contribution is 2.31. The third-order valence-electron chi connectivity index (χ3n) is 4.49. The Balaban J connectivity index is 3.23. The first-order chi connectivity index (χ1) is 14.7. The van der Waals surface area contributed by atoms with Crippen molar-refractivity contribution in [3.8, 4) is 0 Å². The molecular formula is C20H29ClO11. The highest BCUT2D eigenvalue weighted by molar-refractivity contribution is 6.64. The average Bonchev–Trinajstić information content (AvgIpc) is 2.63. The van der Waals surface area contributed by atoms with Gasteiger partial charge in [-0.2, -0.15) is 0 Å². The van der Waals surface area contributed by atoms with Crippen LogP contribution < -0.4 is 0 Å². The second-order valence-electron chi connectivity index (χ2n) is 7.85. The first kappa shape index (κ1) is 27.8. The number of hydrogen-bond acceptors (Lipinski definition) is 11. The molecule has 0 unspecified atom stereocenters. The summed E-state index contributed by atoms with van der Waals surface area (Å²) >= 11 is 5.58. The van der Waals surface area contributed by atoms with Gasteiger partial charge in [0.25, 0.3) is 0 Å². The number of carbonyl (C=O) groups excluding carboxylic acids is 5. The smallest absolute Gasteiger partial charge is 0.303 e. The van der Waals surface area contributed by atoms with E-state index in [0.29, 0.717) is 0 Å². The van der Waals surface area contributed by atoms with Gasteiger partial charge in [0.15, 0.2) is 24.6 Å². The zero-order valence-electron chi connectivity index (χ0n) is 18.9. The van der Waals surface area contributed by atoms with Crippen LogP contribution in [0.4, 0.5) is 0 Å². The Morgan fingerprint density at radius 3 is 1.78 bits per heavy atom. The van der Waals surface area contributed by atoms with E-state index in [1.54, 1.807) is 13.8 Å². The second-order valence-corrected chi connectivity index (χ2v) is 8.19. The second kappa shape index (κ2) is 12.1. The van der Waals surface area contributed by atoms with Gasteiger partial charge in [-0.1, -0.05) is 13.8 Å². The summed E-state index contributed by atoms with van der Waals surface area (Å²) in [7, 11) is 0. The molecule has 0 N–H and O–H groups in total. The minimum absolute atomic E-state index is 0.0425. The maximum Gasteiger partial charge on any atom is 0.303 e. The first-order valence-electron chi connectivity index (χ1n) is 9.86. The molecule has 11 nitrogen and oxygen atoms in total. The predicted octanol–water partition coefficient (Wildman–Crippen LogP) is 1.27. The van der Waals surface area contributed by atoms with Crippen LogP contribution in [0.1, 0.15) is 48.0 Å². The Morgan fingerprint density at radius 1 is 0.812 bits per heavy atom. The molecule has 5 atom stereocenters. The maximum absolute atomic E-state index is 11.8. The molecule has 12 heteroatoms. The fraction of sp³-hybridized carbons (Fsp3) is 0.750. The van der Waals surface area contributed by atoms with Gasteiger partial charge in [-0.25, -0.2) is 0 Å². The zero-order valence-corrected chi connectivity index (χ0v) is 19.6. The molecule has 1 heterocycles. The van der Waals surface area contributed by atoms with Gasteiger partial charge in [-0.15, -0.1) is 0 Å². The van der Waals surface area contributed by atoms with Crippen molar-refractivity contribution >= 4 is 40.7 Å². The zero-order chi connectivity index (χ0) is 24.6. The molecular weight excluding hydrogens is 452 g/mol. The van der Waals surface area contributed by atoms with E-state index >= 15 is 0 Å². The van der Waals surface area contributed by atoms with Crippen LogP contribution in [0.5, 0.6) is 0 Å². The van der Waals surface area contributed by atoms with Gasteiger partial charge >= 0.3 is 23.9 Å². The highest BCUT2D eigenvalue weighted by Gasteiger charge is 2.52. The van der Waals surface area contributed by atoms with Gasteiger partial charge in [0.05, 0.1) is 6.61 Å². The van der Waals surface area contributed by atoms with Crippen molar-refractivity contribution < 1.29 is 52.4 Å². The normalized spacial score (nSPS) is 25.4. The average molecular weight is 481 g/mol. The number of rotatable bonds is 10. The summed E-state index contributed by atoms with van der Waals surface area (Å²) in [5, 5.41) is -0.567. The molecule has 1 fully saturated rings. The van der Waals surface area contributed by atoms with Crippen molar-refractivity contribution in [2.75, 3.05) is 13.2 Å². The number of hydrogen-bond donors (Lipinski definition) is 0. The predicted molar refractivity (Wildman–Crippen MR) is 107 cm³/mol. The van der Waals surface area contributed by atoms with E-state index in [1.807, 2.05) is 0 Å². The third-order valence-corrected chi connectivity index (χ3v) is 5.00. The van der Waals surface area contributed by atoms with E-state index in [9.17, 15) is 24.0 Å². The van der Waals surface area contributed by atoms with Gasteiger partial charge in [0, 0.05) is 33.1 Å². The van der Waals surface area contributed by atoms with Crippen LogP contribution in [0.2, 0.25) is 0 Å². The lowest BCUT2D eigenvalue weighted by Gasteiger charge is -2.44. The summed E-state index contributed by atoms with van der Waals surface area (Å²) in [6, 6.07) is 0. The number of carbonyl (C=O) groups is 5. The quantitative estimate of drug-likeness (QED) is 0.253. The summed E-state index contributed by atoms with van der Waals surface area (Å²) < 4.78 is 32.3. The molecule has 0 aliphatic carbocycles. The molecule has 32 heavy (non-hydrogen) atoms. The van der Waals surface area contributed by atoms with Crippen molar-refractivity contribution in [3.63, 3.8) is 0 Å². The fourth-order valence-electron chi connectivity index (χ4n) is 2.85. The van der Waals surface area contributed by atoms with Crippen LogP contribution in [0.25, 0.3) is 0 Å². The van der Waals surface area contributed by atoms with Crippen molar-refractivity contribution in [1.29, 1.82) is 0 Å². The number of esters is 4. The minimum Gasteiger partial charge on any atom is -0.463 e. The summed E-state index contributed by atoms with van der Waals surface area (Å²) in [5.74, 6) is -2.83. The summed E-state index contributed by atoms with van der Waals surface area (Å²) in [4.78, 5) is 58.0. The van der Waals surface area contributed by atoms with E-state index in [0.717, 1.165) is 20.8 Å². The van der Waals surface area contributed by atoms with Crippen molar-refractivity contribution in [2.45, 2.75) is 78.7 Å². The van der Waals surface area contributed by atoms with Crippen molar-refractivity contribution in [2.24, 2.45) is 5.41 Å². The van der Waals surface area contributed by atoms with E-state index in [1.165, 1.54) is 6.92 Å². The number of ether oxygens (including phenoxy) is 6. The molecule has 1 aliphatic rings. The SMILES string of the molecule is CC(=O)OC[C@H]1O[C@@H](OCCC(C)(C)C(=O)Cl)[C@H](OC(C)=O)[C@@H](OC(C)=O)[C@H]1OC(C)=O. The van der Waals surface area contributed by atoms with Gasteiger partial charge in [0.1, 0.15) is 12.7 Å². The molecule has 0 radical (unpaired) electrons. The van der Waals surface area contributed by atoms with Gasteiger partial charge in [0.2, 0.25) is 5.24 Å². The topological polar surface area (TPSA) is 141 Å². The van der Waals surface area contributed by atoms with Crippen LogP contribution in [0.15, 0.2) is 0 Å². The van der Waals surface area contributed by atoms with Crippen LogP contribution >= 0.6 is 11.6 Å². The molecule has 1 saturated heterocycles. The molecule has 0 spiro atoms. The molecule has 0 bridgehead atoms. The molecule has 182 valence electrons. The standard InChI is InChI=1S/C20H29ClO11/c1-10(22)28-9-14-15(29-11(2)23)16(30-12(3)24)17(31-13(4)25)18(32-14)27-8-7-20(5,6)19(21)26/h14-18H,7-9H2,1-6H3/t14-,15+,16+,17-,18-/m1/s1. The Hall–Kier alpha value is -2.24. The molecule has 0 aromatic rings. The first-order valence-corrected chi connectivity index (χ1v) is 10.2. The van der Waals surface area contributed by atoms with E-state index < -0.39 is 65.2 Å². The lowest BCUT2D eigenvalue weighted by molar-refractivity contribution is -0.308. The van der Waals surface area contributed by atoms with Gasteiger partial charge in [-0.3, -0.25) is 24.0 Å². The van der Waals surface area contributed by atoms with E-state index in [2.05, 4.69) is 0 Å². The monoisotopic (exact) mass is 480 g/mol. The van der Waals surface area contributed by atoms with E-state index in [-0.39, 0.29) is 19.6 Å². The van der Waals surface area contributed by atoms with Crippen molar-refractivity contribution in [1.82, 2.24) is 0 Å². The molecule has 0 amide bonds. The van der Waals surface area contributed by atoms with Gasteiger partial charge in [-0.05, 0) is 18.0 Å². The Kier molecular flexibility index (Phi) is 10.5. The van der Waals surface area contributed by atoms with Crippen molar-refractivity contribution in [3.05, 3.63) is 0 Å². The highest BCUT2D eigenvalue weighted by atomic mass is 35.5. The fourth-order valence-corrected chi connectivity index (χ4v) is 2.95. The van der Waals surface area contributed by atoms with Crippen LogP contribution in [0, 0.1) is 5.41 Å². The molecule has 0 aromatic carbocycles. The van der Waals surface area contributed by atoms with Crippen LogP contribution in [0.3, 0.4) is 0 Å². The Bertz CT molecular complexity index is 720. The Morgan fingerprint density at radius 2 is 1.31 bits per heavy atom. The third kappa shape index (κ3) is 8.71. The molecule has 1 aliphatic heterocycles. The van der Waals surface area contributed by atoms with Crippen LogP contribution in [-0.4, -0.2) is 73.0 Å². The lowest BCUT2D eigenvalue weighted by Crippen LogP contribution is -2.63. The Labute approximate surface area is 190 Å². The van der Waals surface area contributed by atoms with Crippen LogP contribution in [-0.2, 0) is 52.4 Å². The summed E-state index contributed by atoms with van der Waals surface area (Å²) in [6.07, 6.45) is -6.10. The largest absolute Gasteiger partial charge is 0.463 e. The number of halogens is 1. The molecule has 0 aromatic heterocycles. The minimum atomic E-state index is -1.32. The molecule has 1 rings (SSSR count).